The van der Waals surface area contributed by atoms with Crippen LogP contribution in [0.15, 0.2) is 0 Å². The van der Waals surface area contributed by atoms with E-state index in [2.05, 4.69) is 0 Å². The molecule has 0 atom stereocenters. The third-order valence-corrected chi connectivity index (χ3v) is 2.47. The van der Waals surface area contributed by atoms with E-state index >= 15 is 0 Å². The number of hydrogen-bond donors (Lipinski definition) is 0. The second kappa shape index (κ2) is 1.78. The highest BCUT2D eigenvalue weighted by Crippen LogP contribution is 2.17. The van der Waals surface area contributed by atoms with Gasteiger partial charge in [0.15, 0.2) is 0 Å². The molecule has 0 aromatic carbocycles. The Morgan fingerprint density at radius 2 is 2.00 bits per heavy atom. The van der Waals surface area contributed by atoms with Gasteiger partial charge in [0.25, 0.3) is 0 Å². The normalized spacial score (nSPS) is 52.2. The third-order valence-electron chi connectivity index (χ3n) is 0.905. The van der Waals surface area contributed by atoms with Gasteiger partial charge in [-0.25, -0.2) is 0 Å². The minimum atomic E-state index is -1.44. The molecule has 0 N–H and O–H groups in total. The Morgan fingerprint density at radius 1 is 1.50 bits per heavy atom. The molecule has 0 bridgehead atoms. The smallest absolute Gasteiger partial charge is 0.0446 e. The lowest BCUT2D eigenvalue weighted by Crippen LogP contribution is -1.94. The second-order valence-corrected chi connectivity index (χ2v) is 3.44. The fraction of sp³-hybridized carbons (Fsp3) is 1.00. The highest BCUT2D eigenvalue weighted by Gasteiger charge is 2.09. The summed E-state index contributed by atoms with van der Waals surface area (Å²) in [6.45, 7) is 1.75. The van der Waals surface area contributed by atoms with Crippen molar-refractivity contribution >= 4 is 8.80 Å². The summed E-state index contributed by atoms with van der Waals surface area (Å²) in [5, 5.41) is 0. The standard InChI is InChI=1S/C5H11Si/c1-6-4-2-3-5-6/h2-5H2,1H3/i4D2,5D2. The van der Waals surface area contributed by atoms with E-state index in [1.807, 2.05) is 0 Å². The zero-order chi connectivity index (χ0) is 7.99. The van der Waals surface area contributed by atoms with Gasteiger partial charge in [0.05, 0.1) is 0 Å². The largest absolute Gasteiger partial charge is 0.0711 e. The topological polar surface area (TPSA) is 0 Å². The number of rotatable bonds is 0. The van der Waals surface area contributed by atoms with E-state index < -0.39 is 20.8 Å². The molecule has 0 unspecified atom stereocenters. The van der Waals surface area contributed by atoms with Crippen molar-refractivity contribution in [2.45, 2.75) is 31.4 Å². The zero-order valence-corrected chi connectivity index (χ0v) is 4.91. The maximum absolute atomic E-state index is 7.42. The SMILES string of the molecule is [2H]C1([2H])CCC([2H])([2H])[Si]1C. The van der Waals surface area contributed by atoms with Gasteiger partial charge in [0.1, 0.15) is 0 Å². The first-order chi connectivity index (χ1) is 4.36. The first-order valence-corrected chi connectivity index (χ1v) is 4.21. The van der Waals surface area contributed by atoms with Gasteiger partial charge in [0.2, 0.25) is 0 Å². The first kappa shape index (κ1) is 1.62. The van der Waals surface area contributed by atoms with Crippen molar-refractivity contribution in [2.24, 2.45) is 0 Å². The van der Waals surface area contributed by atoms with E-state index in [9.17, 15) is 0 Å². The van der Waals surface area contributed by atoms with Crippen LogP contribution in [0.25, 0.3) is 0 Å². The molecule has 0 aliphatic carbocycles. The van der Waals surface area contributed by atoms with Crippen LogP contribution in [0.2, 0.25) is 18.5 Å². The lowest BCUT2D eigenvalue weighted by Gasteiger charge is -1.88. The Hall–Kier alpha value is 0.217. The average molecular weight is 103 g/mol. The first-order valence-electron chi connectivity index (χ1n) is 4.21. The monoisotopic (exact) mass is 103 g/mol. The molecule has 1 aliphatic rings. The Kier molecular flexibility index (Phi) is 0.481. The van der Waals surface area contributed by atoms with E-state index in [-0.39, 0.29) is 0 Å². The van der Waals surface area contributed by atoms with Crippen molar-refractivity contribution in [3.63, 3.8) is 0 Å². The molecule has 1 heterocycles. The molecule has 0 aromatic heterocycles. The zero-order valence-electron chi connectivity index (χ0n) is 7.91. The predicted octanol–water partition coefficient (Wildman–Crippen LogP) is 1.90. The molecule has 0 spiro atoms. The summed E-state index contributed by atoms with van der Waals surface area (Å²) in [7, 11) is -1.44. The average Bonchev–Trinajstić information content (AvgIpc) is 1.95. The molecule has 1 saturated heterocycles. The van der Waals surface area contributed by atoms with Crippen LogP contribution in [0, 0.1) is 0 Å². The van der Waals surface area contributed by atoms with Crippen LogP contribution in [0.1, 0.15) is 18.3 Å². The van der Waals surface area contributed by atoms with E-state index in [1.54, 1.807) is 6.55 Å². The van der Waals surface area contributed by atoms with E-state index in [1.165, 1.54) is 0 Å². The summed E-state index contributed by atoms with van der Waals surface area (Å²) in [6, 6.07) is 0. The fourth-order valence-corrected chi connectivity index (χ4v) is 1.69. The molecule has 0 saturated carbocycles. The molecule has 0 nitrogen and oxygen atoms in total. The van der Waals surface area contributed by atoms with Gasteiger partial charge in [-0.3, -0.25) is 0 Å². The third kappa shape index (κ3) is 0.838. The van der Waals surface area contributed by atoms with Gasteiger partial charge in [-0.1, -0.05) is 31.4 Å². The van der Waals surface area contributed by atoms with Crippen LogP contribution in [-0.4, -0.2) is 8.80 Å². The van der Waals surface area contributed by atoms with Gasteiger partial charge in [0, 0.05) is 14.3 Å². The lowest BCUT2D eigenvalue weighted by atomic mass is 10.4. The van der Waals surface area contributed by atoms with Gasteiger partial charge in [-0.05, 0) is 0 Å². The Bertz CT molecular complexity index is 129. The van der Waals surface area contributed by atoms with Gasteiger partial charge in [-0.2, -0.15) is 0 Å². The van der Waals surface area contributed by atoms with E-state index in [0.717, 1.165) is 0 Å². The fourth-order valence-electron chi connectivity index (χ4n) is 0.562. The summed E-state index contributed by atoms with van der Waals surface area (Å²) < 4.78 is 29.7. The van der Waals surface area contributed by atoms with Crippen LogP contribution >= 0.6 is 0 Å². The van der Waals surface area contributed by atoms with E-state index in [4.69, 9.17) is 5.48 Å². The minimum absolute atomic E-state index is 0.408. The predicted molar refractivity (Wildman–Crippen MR) is 30.5 cm³/mol. The summed E-state index contributed by atoms with van der Waals surface area (Å²) in [4.78, 5) is 0. The van der Waals surface area contributed by atoms with Crippen LogP contribution in [0.3, 0.4) is 0 Å². The quantitative estimate of drug-likeness (QED) is 0.411. The lowest BCUT2D eigenvalue weighted by molar-refractivity contribution is 0.935. The maximum atomic E-state index is 7.42. The highest BCUT2D eigenvalue weighted by atomic mass is 28.3. The van der Waals surface area contributed by atoms with Crippen LogP contribution in [0.5, 0.6) is 0 Å². The molecular formula is C5H11Si. The molecule has 1 rings (SSSR count). The van der Waals surface area contributed by atoms with Crippen LogP contribution in [0.4, 0.5) is 0 Å². The van der Waals surface area contributed by atoms with Crippen molar-refractivity contribution < 1.29 is 5.48 Å². The Labute approximate surface area is 46.8 Å². The molecule has 0 aromatic rings. The minimum Gasteiger partial charge on any atom is -0.0711 e. The summed E-state index contributed by atoms with van der Waals surface area (Å²) in [5.74, 6) is -2.37. The van der Waals surface area contributed by atoms with Crippen molar-refractivity contribution in [2.75, 3.05) is 0 Å². The Balaban J connectivity index is 2.77. The van der Waals surface area contributed by atoms with Crippen LogP contribution in [-0.2, 0) is 0 Å². The van der Waals surface area contributed by atoms with E-state index in [0.29, 0.717) is 12.8 Å². The van der Waals surface area contributed by atoms with Crippen molar-refractivity contribution in [1.29, 1.82) is 0 Å². The molecule has 1 heteroatoms. The second-order valence-electron chi connectivity index (χ2n) is 1.48. The molecule has 6 heavy (non-hydrogen) atoms. The Morgan fingerprint density at radius 3 is 2.17 bits per heavy atom. The van der Waals surface area contributed by atoms with Crippen molar-refractivity contribution in [3.05, 3.63) is 0 Å². The highest BCUT2D eigenvalue weighted by molar-refractivity contribution is 6.57. The van der Waals surface area contributed by atoms with Gasteiger partial charge < -0.3 is 0 Å². The van der Waals surface area contributed by atoms with Crippen LogP contribution < -0.4 is 0 Å². The summed E-state index contributed by atoms with van der Waals surface area (Å²) in [5.41, 5.74) is 0. The van der Waals surface area contributed by atoms with Gasteiger partial charge >= 0.3 is 0 Å². The summed E-state index contributed by atoms with van der Waals surface area (Å²) in [6.07, 6.45) is 0.815. The molecule has 0 amide bonds. The van der Waals surface area contributed by atoms with Gasteiger partial charge in [-0.15, -0.1) is 0 Å². The molecule has 1 fully saturated rings. The molecule has 1 aliphatic heterocycles. The number of hydrogen-bond acceptors (Lipinski definition) is 0. The maximum Gasteiger partial charge on any atom is 0.0446 e. The molecule has 1 radical (unpaired) electrons. The molecule has 35 valence electrons. The van der Waals surface area contributed by atoms with Crippen molar-refractivity contribution in [1.82, 2.24) is 0 Å². The van der Waals surface area contributed by atoms with Crippen molar-refractivity contribution in [3.8, 4) is 0 Å². The molecular weight excluding hydrogens is 88.1 g/mol. The summed E-state index contributed by atoms with van der Waals surface area (Å²) >= 11 is 0.